The van der Waals surface area contributed by atoms with Crippen molar-refractivity contribution in [3.8, 4) is 23.0 Å². The van der Waals surface area contributed by atoms with Crippen molar-refractivity contribution in [1.82, 2.24) is 4.98 Å². The van der Waals surface area contributed by atoms with E-state index in [2.05, 4.69) is 46.5 Å². The quantitative estimate of drug-likeness (QED) is 0.245. The third-order valence-corrected chi connectivity index (χ3v) is 6.13. The lowest BCUT2D eigenvalue weighted by Gasteiger charge is -2.27. The molecule has 0 aliphatic rings. The van der Waals surface area contributed by atoms with Crippen molar-refractivity contribution in [2.45, 2.75) is 71.6 Å². The molecule has 6 heteroatoms. The first-order chi connectivity index (χ1) is 16.4. The summed E-state index contributed by atoms with van der Waals surface area (Å²) in [4.78, 5) is 16.7. The molecule has 0 aliphatic heterocycles. The van der Waals surface area contributed by atoms with E-state index in [0.29, 0.717) is 54.7 Å². The molecule has 5 nitrogen and oxygen atoms in total. The number of ether oxygens (including phenoxy) is 1. The van der Waals surface area contributed by atoms with Crippen molar-refractivity contribution in [1.29, 1.82) is 0 Å². The zero-order chi connectivity index (χ0) is 25.8. The molecule has 1 N–H and O–H groups in total. The van der Waals surface area contributed by atoms with Crippen molar-refractivity contribution < 1.29 is 19.1 Å². The van der Waals surface area contributed by atoms with Crippen LogP contribution in [0.25, 0.3) is 11.5 Å². The van der Waals surface area contributed by atoms with E-state index in [9.17, 15) is 9.90 Å². The van der Waals surface area contributed by atoms with E-state index >= 15 is 0 Å². The van der Waals surface area contributed by atoms with Crippen LogP contribution in [-0.4, -0.2) is 28.4 Å². The van der Waals surface area contributed by atoms with Gasteiger partial charge in [-0.1, -0.05) is 41.5 Å². The minimum absolute atomic E-state index is 0.0887. The highest BCUT2D eigenvalue weighted by atomic mass is 35.5. The molecule has 0 saturated heterocycles. The van der Waals surface area contributed by atoms with E-state index in [1.54, 1.807) is 30.5 Å². The van der Waals surface area contributed by atoms with Gasteiger partial charge >= 0.3 is 0 Å². The Kier molecular flexibility index (Phi) is 8.32. The Morgan fingerprint density at radius 1 is 1.03 bits per heavy atom. The smallest absolute Gasteiger partial charge is 0.226 e. The Bertz CT molecular complexity index is 1120. The molecule has 0 spiro atoms. The Labute approximate surface area is 213 Å². The van der Waals surface area contributed by atoms with Crippen molar-refractivity contribution in [3.05, 3.63) is 65.0 Å². The Balaban J connectivity index is 1.69. The number of aromatic nitrogens is 1. The molecule has 35 heavy (non-hydrogen) atoms. The van der Waals surface area contributed by atoms with E-state index in [1.807, 2.05) is 12.1 Å². The highest BCUT2D eigenvalue weighted by Crippen LogP contribution is 2.41. The number of phenolic OH excluding ortho intramolecular Hbond substituents is 1. The number of Topliss-reactive ketones (excluding diaryl/α,β-unsaturated/α-hetero) is 1. The van der Waals surface area contributed by atoms with Crippen LogP contribution < -0.4 is 4.74 Å². The normalized spacial score (nSPS) is 12.1. The second kappa shape index (κ2) is 10.9. The van der Waals surface area contributed by atoms with Gasteiger partial charge < -0.3 is 14.3 Å². The Morgan fingerprint density at radius 3 is 2.17 bits per heavy atom. The average molecular weight is 498 g/mol. The number of nitrogens with zero attached hydrogens (tertiary/aromatic N) is 1. The van der Waals surface area contributed by atoms with Gasteiger partial charge in [-0.15, -0.1) is 11.6 Å². The van der Waals surface area contributed by atoms with E-state index in [0.717, 1.165) is 22.4 Å². The second-order valence-electron chi connectivity index (χ2n) is 10.9. The Hall–Kier alpha value is -2.79. The van der Waals surface area contributed by atoms with Gasteiger partial charge in [-0.3, -0.25) is 4.79 Å². The van der Waals surface area contributed by atoms with Gasteiger partial charge in [-0.25, -0.2) is 4.98 Å². The summed E-state index contributed by atoms with van der Waals surface area (Å²) in [5.74, 6) is 2.13. The summed E-state index contributed by atoms with van der Waals surface area (Å²) in [6.45, 7) is 12.9. The number of phenols is 1. The number of hydrogen-bond donors (Lipinski definition) is 1. The fourth-order valence-corrected chi connectivity index (χ4v) is 3.97. The summed E-state index contributed by atoms with van der Waals surface area (Å²) in [6.07, 6.45) is 3.36. The predicted molar refractivity (Wildman–Crippen MR) is 141 cm³/mol. The molecule has 188 valence electrons. The molecular weight excluding hydrogens is 462 g/mol. The number of aromatic hydroxyl groups is 1. The molecule has 3 aromatic rings. The van der Waals surface area contributed by atoms with E-state index in [-0.39, 0.29) is 16.6 Å². The second-order valence-corrected chi connectivity index (χ2v) is 11.3. The fraction of sp³-hybridized carbons (Fsp3) is 0.448. The van der Waals surface area contributed by atoms with Gasteiger partial charge in [0.2, 0.25) is 5.89 Å². The van der Waals surface area contributed by atoms with Crippen molar-refractivity contribution in [2.24, 2.45) is 0 Å². The minimum Gasteiger partial charge on any atom is -0.507 e. The average Bonchev–Trinajstić information content (AvgIpc) is 3.25. The van der Waals surface area contributed by atoms with Crippen molar-refractivity contribution in [2.75, 3.05) is 12.5 Å². The van der Waals surface area contributed by atoms with Gasteiger partial charge in [0, 0.05) is 41.0 Å². The zero-order valence-electron chi connectivity index (χ0n) is 21.6. The van der Waals surface area contributed by atoms with Crippen LogP contribution >= 0.6 is 11.6 Å². The predicted octanol–water partition coefficient (Wildman–Crippen LogP) is 7.47. The highest BCUT2D eigenvalue weighted by Gasteiger charge is 2.27. The number of oxazole rings is 1. The van der Waals surface area contributed by atoms with Crippen LogP contribution in [0.1, 0.15) is 81.6 Å². The third-order valence-electron chi connectivity index (χ3n) is 5.87. The van der Waals surface area contributed by atoms with Crippen LogP contribution in [0, 0.1) is 0 Å². The lowest BCUT2D eigenvalue weighted by atomic mass is 9.78. The van der Waals surface area contributed by atoms with Crippen molar-refractivity contribution in [3.63, 3.8) is 0 Å². The summed E-state index contributed by atoms with van der Waals surface area (Å²) in [7, 11) is 0. The molecule has 0 saturated carbocycles. The third kappa shape index (κ3) is 6.88. The molecule has 0 fully saturated rings. The lowest BCUT2D eigenvalue weighted by molar-refractivity contribution is 0.0982. The van der Waals surface area contributed by atoms with Crippen LogP contribution in [-0.2, 0) is 17.3 Å². The number of hydrogen-bond acceptors (Lipinski definition) is 5. The summed E-state index contributed by atoms with van der Waals surface area (Å²) >= 11 is 5.66. The van der Waals surface area contributed by atoms with Crippen LogP contribution in [0.4, 0.5) is 0 Å². The van der Waals surface area contributed by atoms with E-state index in [1.165, 1.54) is 0 Å². The van der Waals surface area contributed by atoms with Gasteiger partial charge in [-0.2, -0.15) is 0 Å². The number of ketones is 1. The van der Waals surface area contributed by atoms with Crippen LogP contribution in [0.5, 0.6) is 11.5 Å². The number of rotatable bonds is 9. The molecule has 1 aromatic heterocycles. The van der Waals surface area contributed by atoms with E-state index < -0.39 is 0 Å². The first-order valence-corrected chi connectivity index (χ1v) is 12.6. The maximum atomic E-state index is 12.1. The first-order valence-electron chi connectivity index (χ1n) is 12.0. The summed E-state index contributed by atoms with van der Waals surface area (Å²) < 4.78 is 11.6. The molecular formula is C29H36ClNO4. The van der Waals surface area contributed by atoms with Crippen LogP contribution in [0.3, 0.4) is 0 Å². The topological polar surface area (TPSA) is 72.6 Å². The molecule has 0 radical (unpaired) electrons. The number of benzene rings is 2. The molecule has 0 atom stereocenters. The van der Waals surface area contributed by atoms with Crippen LogP contribution in [0.2, 0.25) is 0 Å². The summed E-state index contributed by atoms with van der Waals surface area (Å²) in [5, 5.41) is 11.0. The monoisotopic (exact) mass is 497 g/mol. The molecule has 1 heterocycles. The standard InChI is InChI=1S/C29H36ClNO4/c1-28(2,3)23-16-20(17-24(26(23)33)29(4,5)6)27-31-21(18-35-27)13-15-34-22-11-9-19(10-12-22)25(32)8-7-14-30/h9-12,16-18,33H,7-8,13-15H2,1-6H3. The molecule has 3 rings (SSSR count). The summed E-state index contributed by atoms with van der Waals surface area (Å²) in [5.41, 5.74) is 3.58. The molecule has 2 aromatic carbocycles. The first kappa shape index (κ1) is 26.8. The maximum absolute atomic E-state index is 12.1. The molecule has 0 bridgehead atoms. The van der Waals surface area contributed by atoms with Gasteiger partial charge in [-0.05, 0) is 53.6 Å². The fourth-order valence-electron chi connectivity index (χ4n) is 3.84. The SMILES string of the molecule is CC(C)(C)c1cc(-c2nc(CCOc3ccc(C(=O)CCCCl)cc3)co2)cc(C(C)(C)C)c1O. The zero-order valence-corrected chi connectivity index (χ0v) is 22.3. The maximum Gasteiger partial charge on any atom is 0.226 e. The summed E-state index contributed by atoms with van der Waals surface area (Å²) in [6, 6.07) is 11.1. The largest absolute Gasteiger partial charge is 0.507 e. The number of alkyl halides is 1. The minimum atomic E-state index is -0.229. The molecule has 0 unspecified atom stereocenters. The van der Waals surface area contributed by atoms with Gasteiger partial charge in [0.15, 0.2) is 5.78 Å². The van der Waals surface area contributed by atoms with Crippen LogP contribution in [0.15, 0.2) is 47.1 Å². The lowest BCUT2D eigenvalue weighted by Crippen LogP contribution is -2.17. The number of carbonyl (C=O) groups is 1. The number of carbonyl (C=O) groups excluding carboxylic acids is 1. The van der Waals surface area contributed by atoms with Gasteiger partial charge in [0.1, 0.15) is 17.8 Å². The van der Waals surface area contributed by atoms with Gasteiger partial charge in [0.25, 0.3) is 0 Å². The number of halogens is 1. The van der Waals surface area contributed by atoms with Gasteiger partial charge in [0.05, 0.1) is 12.3 Å². The Morgan fingerprint density at radius 2 is 1.63 bits per heavy atom. The highest BCUT2D eigenvalue weighted by molar-refractivity contribution is 6.18. The van der Waals surface area contributed by atoms with Crippen molar-refractivity contribution >= 4 is 17.4 Å². The van der Waals surface area contributed by atoms with E-state index in [4.69, 9.17) is 20.8 Å². The molecule has 0 amide bonds. The molecule has 0 aliphatic carbocycles.